The number of aliphatic hydroxyl groups is 1. The van der Waals surface area contributed by atoms with Crippen molar-refractivity contribution in [3.05, 3.63) is 30.2 Å². The Hall–Kier alpha value is -2.03. The third kappa shape index (κ3) is 3.32. The topological polar surface area (TPSA) is 77.2 Å². The number of likely N-dealkylation sites (N-methyl/N-ethyl adjacent to an activating group) is 1. The van der Waals surface area contributed by atoms with E-state index in [4.69, 9.17) is 0 Å². The molecule has 2 aromatic rings. The molecule has 0 bridgehead atoms. The fourth-order valence-corrected chi connectivity index (χ4v) is 4.00. The molecule has 8 heteroatoms. The molecule has 2 saturated heterocycles. The second-order valence-corrected chi connectivity index (χ2v) is 7.29. The van der Waals surface area contributed by atoms with Gasteiger partial charge >= 0.3 is 0 Å². The molecule has 2 aliphatic heterocycles. The van der Waals surface area contributed by atoms with Crippen LogP contribution in [0.25, 0.3) is 5.65 Å². The van der Waals surface area contributed by atoms with Crippen molar-refractivity contribution in [1.29, 1.82) is 0 Å². The Balaban J connectivity index is 1.46. The second-order valence-electron chi connectivity index (χ2n) is 7.29. The van der Waals surface area contributed by atoms with Crippen molar-refractivity contribution in [2.24, 2.45) is 0 Å². The first-order valence-electron chi connectivity index (χ1n) is 9.32. The SMILES string of the molecule is CN1CCN([C@H]2CCN(C(=O)c3cnn4cccnc34)CC[C@@H]2O)CC1. The van der Waals surface area contributed by atoms with E-state index < -0.39 is 6.10 Å². The number of carbonyl (C=O) groups excluding carboxylic acids is 1. The van der Waals surface area contributed by atoms with Crippen molar-refractivity contribution in [1.82, 2.24) is 29.3 Å². The second kappa shape index (κ2) is 7.30. The highest BCUT2D eigenvalue weighted by Crippen LogP contribution is 2.21. The normalized spacial score (nSPS) is 26.2. The molecule has 0 aliphatic carbocycles. The van der Waals surface area contributed by atoms with E-state index >= 15 is 0 Å². The number of hydrogen-bond donors (Lipinski definition) is 1. The lowest BCUT2D eigenvalue weighted by Gasteiger charge is -2.39. The van der Waals surface area contributed by atoms with Gasteiger partial charge in [0, 0.05) is 57.7 Å². The van der Waals surface area contributed by atoms with E-state index in [1.54, 1.807) is 29.2 Å². The Morgan fingerprint density at radius 3 is 2.73 bits per heavy atom. The molecule has 2 atom stereocenters. The van der Waals surface area contributed by atoms with Gasteiger partial charge in [0.1, 0.15) is 5.56 Å². The third-order valence-corrected chi connectivity index (χ3v) is 5.64. The summed E-state index contributed by atoms with van der Waals surface area (Å²) in [6.07, 6.45) is 6.05. The summed E-state index contributed by atoms with van der Waals surface area (Å²) in [5, 5.41) is 14.9. The Labute approximate surface area is 153 Å². The van der Waals surface area contributed by atoms with Gasteiger partial charge in [-0.15, -0.1) is 0 Å². The van der Waals surface area contributed by atoms with E-state index in [0.29, 0.717) is 30.7 Å². The number of piperazine rings is 1. The average molecular weight is 358 g/mol. The zero-order valence-electron chi connectivity index (χ0n) is 15.2. The summed E-state index contributed by atoms with van der Waals surface area (Å²) in [6.45, 7) is 5.22. The molecule has 1 amide bonds. The van der Waals surface area contributed by atoms with E-state index in [-0.39, 0.29) is 11.9 Å². The van der Waals surface area contributed by atoms with Crippen LogP contribution in [0.15, 0.2) is 24.7 Å². The fourth-order valence-electron chi connectivity index (χ4n) is 4.00. The number of aliphatic hydroxyl groups excluding tert-OH is 1. The average Bonchev–Trinajstić information content (AvgIpc) is 2.99. The standard InChI is InChI=1S/C18H26N6O2/c1-21-9-11-22(12-10-21)15-3-7-23(8-4-16(15)25)18(26)14-13-20-24-6-2-5-19-17(14)24/h2,5-6,13,15-16,25H,3-4,7-12H2,1H3/t15-,16-/m0/s1. The highest BCUT2D eigenvalue weighted by atomic mass is 16.3. The molecule has 0 radical (unpaired) electrons. The van der Waals surface area contributed by atoms with Crippen LogP contribution in [0.3, 0.4) is 0 Å². The van der Waals surface area contributed by atoms with Crippen molar-refractivity contribution < 1.29 is 9.90 Å². The van der Waals surface area contributed by atoms with Crippen LogP contribution in [0.4, 0.5) is 0 Å². The van der Waals surface area contributed by atoms with Crippen molar-refractivity contribution in [2.75, 3.05) is 46.3 Å². The van der Waals surface area contributed by atoms with Gasteiger partial charge in [0.05, 0.1) is 12.3 Å². The summed E-state index contributed by atoms with van der Waals surface area (Å²) >= 11 is 0. The zero-order valence-corrected chi connectivity index (χ0v) is 15.2. The van der Waals surface area contributed by atoms with E-state index in [2.05, 4.69) is 26.9 Å². The fraction of sp³-hybridized carbons (Fsp3) is 0.611. The van der Waals surface area contributed by atoms with Gasteiger partial charge in [-0.05, 0) is 26.0 Å². The minimum atomic E-state index is -0.391. The van der Waals surface area contributed by atoms with Crippen molar-refractivity contribution >= 4 is 11.6 Å². The molecule has 0 saturated carbocycles. The minimum Gasteiger partial charge on any atom is -0.391 e. The molecular weight excluding hydrogens is 332 g/mol. The number of hydrogen-bond acceptors (Lipinski definition) is 6. The molecule has 0 spiro atoms. The quantitative estimate of drug-likeness (QED) is 0.811. The van der Waals surface area contributed by atoms with Gasteiger partial charge in [0.2, 0.25) is 0 Å². The van der Waals surface area contributed by atoms with Gasteiger partial charge in [-0.3, -0.25) is 9.69 Å². The Morgan fingerprint density at radius 2 is 1.92 bits per heavy atom. The molecular formula is C18H26N6O2. The van der Waals surface area contributed by atoms with E-state index in [1.807, 2.05) is 4.90 Å². The maximum absolute atomic E-state index is 13.0. The van der Waals surface area contributed by atoms with Crippen LogP contribution in [-0.2, 0) is 0 Å². The van der Waals surface area contributed by atoms with Crippen molar-refractivity contribution in [3.63, 3.8) is 0 Å². The molecule has 8 nitrogen and oxygen atoms in total. The van der Waals surface area contributed by atoms with Crippen LogP contribution in [0.1, 0.15) is 23.2 Å². The summed E-state index contributed by atoms with van der Waals surface area (Å²) in [5.74, 6) is -0.0510. The van der Waals surface area contributed by atoms with Gasteiger partial charge in [-0.25, -0.2) is 9.50 Å². The van der Waals surface area contributed by atoms with Crippen LogP contribution in [0, 0.1) is 0 Å². The Bertz CT molecular complexity index is 770. The van der Waals surface area contributed by atoms with E-state index in [9.17, 15) is 9.90 Å². The number of amides is 1. The molecule has 2 aromatic heterocycles. The smallest absolute Gasteiger partial charge is 0.259 e. The lowest BCUT2D eigenvalue weighted by atomic mass is 10.0. The number of fused-ring (bicyclic) bond motifs is 1. The lowest BCUT2D eigenvalue weighted by molar-refractivity contribution is 0.0224. The number of aromatic nitrogens is 3. The van der Waals surface area contributed by atoms with Gasteiger partial charge in [0.15, 0.2) is 5.65 Å². The molecule has 2 fully saturated rings. The van der Waals surface area contributed by atoms with Gasteiger partial charge in [-0.1, -0.05) is 0 Å². The molecule has 2 aliphatic rings. The maximum atomic E-state index is 13.0. The first-order chi connectivity index (χ1) is 12.6. The van der Waals surface area contributed by atoms with Crippen LogP contribution >= 0.6 is 0 Å². The number of likely N-dealkylation sites (tertiary alicyclic amines) is 1. The highest BCUT2D eigenvalue weighted by molar-refractivity contribution is 5.99. The van der Waals surface area contributed by atoms with E-state index in [0.717, 1.165) is 32.6 Å². The molecule has 0 aromatic carbocycles. The molecule has 26 heavy (non-hydrogen) atoms. The van der Waals surface area contributed by atoms with Gasteiger partial charge < -0.3 is 14.9 Å². The predicted molar refractivity (Wildman–Crippen MR) is 97.0 cm³/mol. The van der Waals surface area contributed by atoms with Crippen LogP contribution < -0.4 is 0 Å². The van der Waals surface area contributed by atoms with Gasteiger partial charge in [-0.2, -0.15) is 5.10 Å². The third-order valence-electron chi connectivity index (χ3n) is 5.64. The first kappa shape index (κ1) is 17.4. The monoisotopic (exact) mass is 358 g/mol. The number of nitrogens with zero attached hydrogens (tertiary/aromatic N) is 6. The summed E-state index contributed by atoms with van der Waals surface area (Å²) in [6, 6.07) is 1.92. The van der Waals surface area contributed by atoms with Crippen LogP contribution in [-0.4, -0.2) is 98.8 Å². The largest absolute Gasteiger partial charge is 0.391 e. The minimum absolute atomic E-state index is 0.0510. The molecule has 4 heterocycles. The summed E-state index contributed by atoms with van der Waals surface area (Å²) in [4.78, 5) is 23.8. The van der Waals surface area contributed by atoms with Crippen molar-refractivity contribution in [2.45, 2.75) is 25.0 Å². The predicted octanol–water partition coefficient (Wildman–Crippen LogP) is -0.0578. The first-order valence-corrected chi connectivity index (χ1v) is 9.32. The zero-order chi connectivity index (χ0) is 18.1. The Kier molecular flexibility index (Phi) is 4.88. The molecule has 4 rings (SSSR count). The summed E-state index contributed by atoms with van der Waals surface area (Å²) in [7, 11) is 2.13. The van der Waals surface area contributed by atoms with Gasteiger partial charge in [0.25, 0.3) is 5.91 Å². The van der Waals surface area contributed by atoms with E-state index in [1.165, 1.54) is 0 Å². The summed E-state index contributed by atoms with van der Waals surface area (Å²) < 4.78 is 1.62. The highest BCUT2D eigenvalue weighted by Gasteiger charge is 2.33. The molecule has 140 valence electrons. The summed E-state index contributed by atoms with van der Waals surface area (Å²) in [5.41, 5.74) is 1.11. The van der Waals surface area contributed by atoms with Crippen LogP contribution in [0.2, 0.25) is 0 Å². The lowest BCUT2D eigenvalue weighted by Crippen LogP contribution is -2.52. The molecule has 1 N–H and O–H groups in total. The number of rotatable bonds is 2. The van der Waals surface area contributed by atoms with Crippen molar-refractivity contribution in [3.8, 4) is 0 Å². The maximum Gasteiger partial charge on any atom is 0.259 e. The number of carbonyl (C=O) groups is 1. The Morgan fingerprint density at radius 1 is 1.15 bits per heavy atom. The van der Waals surface area contributed by atoms with Crippen LogP contribution in [0.5, 0.6) is 0 Å². The molecule has 0 unspecified atom stereocenters.